The van der Waals surface area contributed by atoms with E-state index in [1.54, 1.807) is 26.8 Å². The molecule has 0 aromatic heterocycles. The smallest absolute Gasteiger partial charge is 0.408 e. The fourth-order valence-corrected chi connectivity index (χ4v) is 2.23. The van der Waals surface area contributed by atoms with Gasteiger partial charge in [-0.25, -0.2) is 4.79 Å². The van der Waals surface area contributed by atoms with Gasteiger partial charge in [0.1, 0.15) is 11.6 Å². The number of fused-ring (bicyclic) bond motifs is 1. The van der Waals surface area contributed by atoms with Crippen molar-refractivity contribution in [2.45, 2.75) is 32.4 Å². The van der Waals surface area contributed by atoms with Gasteiger partial charge in [0.25, 0.3) is 0 Å². The first-order chi connectivity index (χ1) is 9.74. The van der Waals surface area contributed by atoms with Crippen molar-refractivity contribution in [2.75, 3.05) is 17.2 Å². The molecule has 1 aromatic rings. The van der Waals surface area contributed by atoms with Crippen LogP contribution in [-0.2, 0) is 9.53 Å². The molecule has 0 fully saturated rings. The van der Waals surface area contributed by atoms with Crippen molar-refractivity contribution in [3.8, 4) is 0 Å². The Morgan fingerprint density at radius 2 is 2.10 bits per heavy atom. The Balaban J connectivity index is 2.05. The minimum Gasteiger partial charge on any atom is -0.444 e. The van der Waals surface area contributed by atoms with Gasteiger partial charge >= 0.3 is 6.09 Å². The molecule has 0 radical (unpaired) electrons. The summed E-state index contributed by atoms with van der Waals surface area (Å²) in [5.74, 6) is -0.287. The lowest BCUT2D eigenvalue weighted by molar-refractivity contribution is -0.117. The second-order valence-electron chi connectivity index (χ2n) is 5.76. The first kappa shape index (κ1) is 15.6. The Morgan fingerprint density at radius 1 is 1.38 bits per heavy atom. The molecule has 1 heterocycles. The fourth-order valence-electron chi connectivity index (χ4n) is 1.86. The lowest BCUT2D eigenvalue weighted by Crippen LogP contribution is -2.48. The van der Waals surface area contributed by atoms with Gasteiger partial charge < -0.3 is 20.7 Å². The molecule has 1 aromatic carbocycles. The average Bonchev–Trinajstić information content (AvgIpc) is 2.47. The molecule has 114 valence electrons. The normalized spacial score (nSPS) is 17.9. The van der Waals surface area contributed by atoms with Crippen molar-refractivity contribution in [3.05, 3.63) is 22.7 Å². The molecule has 3 N–H and O–H groups in total. The number of benzene rings is 1. The number of hydrogen-bond donors (Lipinski definition) is 3. The molecular weight excluding hydrogens is 338 g/mol. The largest absolute Gasteiger partial charge is 0.444 e. The van der Waals surface area contributed by atoms with E-state index in [0.717, 1.165) is 10.2 Å². The van der Waals surface area contributed by atoms with Gasteiger partial charge in [0.15, 0.2) is 0 Å². The van der Waals surface area contributed by atoms with E-state index in [0.29, 0.717) is 12.2 Å². The molecule has 1 atom stereocenters. The summed E-state index contributed by atoms with van der Waals surface area (Å²) in [6.07, 6.45) is -0.614. The summed E-state index contributed by atoms with van der Waals surface area (Å²) in [5.41, 5.74) is 0.870. The molecule has 0 saturated carbocycles. The van der Waals surface area contributed by atoms with Crippen LogP contribution in [0.25, 0.3) is 0 Å². The van der Waals surface area contributed by atoms with Crippen molar-refractivity contribution >= 4 is 39.3 Å². The fraction of sp³-hybridized carbons (Fsp3) is 0.429. The maximum Gasteiger partial charge on any atom is 0.408 e. The average molecular weight is 356 g/mol. The number of hydrogen-bond acceptors (Lipinski definition) is 4. The number of rotatable bonds is 1. The quantitative estimate of drug-likeness (QED) is 0.723. The molecule has 2 amide bonds. The van der Waals surface area contributed by atoms with E-state index in [1.165, 1.54) is 0 Å². The summed E-state index contributed by atoms with van der Waals surface area (Å²) >= 11 is 3.36. The van der Waals surface area contributed by atoms with E-state index >= 15 is 0 Å². The number of halogens is 1. The van der Waals surface area contributed by atoms with Crippen molar-refractivity contribution in [1.82, 2.24) is 5.32 Å². The van der Waals surface area contributed by atoms with Gasteiger partial charge in [-0.3, -0.25) is 4.79 Å². The number of nitrogens with one attached hydrogen (secondary N) is 3. The molecule has 0 saturated heterocycles. The van der Waals surface area contributed by atoms with Gasteiger partial charge in [0.05, 0.1) is 11.4 Å². The predicted octanol–water partition coefficient (Wildman–Crippen LogP) is 2.71. The Labute approximate surface area is 131 Å². The second-order valence-corrected chi connectivity index (χ2v) is 6.67. The third kappa shape index (κ3) is 4.35. The Hall–Kier alpha value is -1.76. The number of carbonyl (C=O) groups is 2. The molecule has 0 unspecified atom stereocenters. The summed E-state index contributed by atoms with van der Waals surface area (Å²) in [6, 6.07) is 4.83. The first-order valence-corrected chi connectivity index (χ1v) is 7.38. The topological polar surface area (TPSA) is 79.5 Å². The maximum atomic E-state index is 12.2. The molecule has 1 aliphatic rings. The van der Waals surface area contributed by atoms with E-state index in [1.807, 2.05) is 12.1 Å². The maximum absolute atomic E-state index is 12.2. The van der Waals surface area contributed by atoms with E-state index < -0.39 is 17.7 Å². The zero-order valence-corrected chi connectivity index (χ0v) is 13.7. The third-order valence-corrected chi connectivity index (χ3v) is 3.24. The van der Waals surface area contributed by atoms with Crippen LogP contribution in [0.4, 0.5) is 16.2 Å². The minimum atomic E-state index is -0.703. The van der Waals surface area contributed by atoms with Gasteiger partial charge in [-0.2, -0.15) is 0 Å². The highest BCUT2D eigenvalue weighted by atomic mass is 79.9. The minimum absolute atomic E-state index is 0.287. The zero-order chi connectivity index (χ0) is 15.6. The number of anilines is 2. The van der Waals surface area contributed by atoms with Gasteiger partial charge in [0, 0.05) is 11.0 Å². The molecule has 0 aliphatic carbocycles. The molecule has 7 heteroatoms. The Bertz CT molecular complexity index is 569. The highest BCUT2D eigenvalue weighted by molar-refractivity contribution is 9.10. The highest BCUT2D eigenvalue weighted by Gasteiger charge is 2.27. The van der Waals surface area contributed by atoms with Crippen LogP contribution in [-0.4, -0.2) is 30.2 Å². The van der Waals surface area contributed by atoms with Crippen LogP contribution < -0.4 is 16.0 Å². The van der Waals surface area contributed by atoms with Crippen molar-refractivity contribution in [2.24, 2.45) is 0 Å². The van der Waals surface area contributed by atoms with Crippen LogP contribution in [0, 0.1) is 0 Å². The van der Waals surface area contributed by atoms with E-state index in [4.69, 9.17) is 4.74 Å². The third-order valence-electron chi connectivity index (χ3n) is 2.74. The van der Waals surface area contributed by atoms with E-state index in [2.05, 4.69) is 31.9 Å². The van der Waals surface area contributed by atoms with Gasteiger partial charge in [-0.1, -0.05) is 15.9 Å². The predicted molar refractivity (Wildman–Crippen MR) is 84.4 cm³/mol. The SMILES string of the molecule is CC(C)(C)OC(=O)N[C@H]1CNc2ccc(Br)cc2NC1=O. The zero-order valence-electron chi connectivity index (χ0n) is 12.1. The second kappa shape index (κ2) is 5.93. The highest BCUT2D eigenvalue weighted by Crippen LogP contribution is 2.27. The van der Waals surface area contributed by atoms with E-state index in [9.17, 15) is 9.59 Å². The summed E-state index contributed by atoms with van der Waals surface area (Å²) in [7, 11) is 0. The molecular formula is C14H18BrN3O3. The summed E-state index contributed by atoms with van der Waals surface area (Å²) < 4.78 is 6.02. The van der Waals surface area contributed by atoms with Crippen LogP contribution >= 0.6 is 15.9 Å². The molecule has 0 bridgehead atoms. The molecule has 1 aliphatic heterocycles. The summed E-state index contributed by atoms with van der Waals surface area (Å²) in [4.78, 5) is 23.9. The molecule has 2 rings (SSSR count). The van der Waals surface area contributed by atoms with Crippen LogP contribution in [0.2, 0.25) is 0 Å². The van der Waals surface area contributed by atoms with Crippen LogP contribution in [0.3, 0.4) is 0 Å². The van der Waals surface area contributed by atoms with Crippen LogP contribution in [0.15, 0.2) is 22.7 Å². The van der Waals surface area contributed by atoms with Crippen molar-refractivity contribution in [3.63, 3.8) is 0 Å². The monoisotopic (exact) mass is 355 g/mol. The number of ether oxygens (including phenoxy) is 1. The molecule has 21 heavy (non-hydrogen) atoms. The van der Waals surface area contributed by atoms with Gasteiger partial charge in [-0.05, 0) is 39.0 Å². The van der Waals surface area contributed by atoms with Crippen LogP contribution in [0.1, 0.15) is 20.8 Å². The van der Waals surface area contributed by atoms with Crippen molar-refractivity contribution < 1.29 is 14.3 Å². The van der Waals surface area contributed by atoms with Gasteiger partial charge in [-0.15, -0.1) is 0 Å². The molecule has 0 spiro atoms. The first-order valence-electron chi connectivity index (χ1n) is 6.58. The van der Waals surface area contributed by atoms with Crippen LogP contribution in [0.5, 0.6) is 0 Å². The van der Waals surface area contributed by atoms with E-state index in [-0.39, 0.29) is 5.91 Å². The summed E-state index contributed by atoms with van der Waals surface area (Å²) in [5, 5.41) is 8.47. The number of alkyl carbamates (subject to hydrolysis) is 1. The Kier molecular flexibility index (Phi) is 4.41. The number of carbonyl (C=O) groups excluding carboxylic acids is 2. The summed E-state index contributed by atoms with van der Waals surface area (Å²) in [6.45, 7) is 5.60. The van der Waals surface area contributed by atoms with Crippen molar-refractivity contribution in [1.29, 1.82) is 0 Å². The molecule has 6 nitrogen and oxygen atoms in total. The lowest BCUT2D eigenvalue weighted by atomic mass is 10.2. The van der Waals surface area contributed by atoms with Gasteiger partial charge in [0.2, 0.25) is 5.91 Å². The Morgan fingerprint density at radius 3 is 2.76 bits per heavy atom. The number of amides is 2. The standard InChI is InChI=1S/C14H18BrN3O3/c1-14(2,3)21-13(20)18-11-7-16-9-5-4-8(15)6-10(9)17-12(11)19/h4-6,11,16H,7H2,1-3H3,(H,17,19)(H,18,20)/t11-/m0/s1. The lowest BCUT2D eigenvalue weighted by Gasteiger charge is -2.22.